The highest BCUT2D eigenvalue weighted by Gasteiger charge is 2.33. The molecule has 12 nitrogen and oxygen atoms in total. The van der Waals surface area contributed by atoms with Crippen LogP contribution in [0.4, 0.5) is 0 Å². The first kappa shape index (κ1) is 27.9. The molecular formula is C17H24O12. The Morgan fingerprint density at radius 3 is 1.86 bits per heavy atom. The van der Waals surface area contributed by atoms with Crippen LogP contribution in [0.2, 0.25) is 0 Å². The van der Waals surface area contributed by atoms with Gasteiger partial charge in [0, 0.05) is 19.3 Å². The predicted molar refractivity (Wildman–Crippen MR) is 92.5 cm³/mol. The molecule has 29 heavy (non-hydrogen) atoms. The van der Waals surface area contributed by atoms with Crippen LogP contribution in [-0.4, -0.2) is 72.5 Å². The van der Waals surface area contributed by atoms with Crippen LogP contribution < -0.4 is 0 Å². The van der Waals surface area contributed by atoms with E-state index in [1.54, 1.807) is 0 Å². The first-order valence-corrected chi connectivity index (χ1v) is 8.35. The summed E-state index contributed by atoms with van der Waals surface area (Å²) in [5, 5.41) is 16.2. The molecule has 1 atom stereocenters. The number of esters is 3. The van der Waals surface area contributed by atoms with Crippen molar-refractivity contribution in [2.45, 2.75) is 39.0 Å². The zero-order valence-corrected chi connectivity index (χ0v) is 16.3. The Hall–Kier alpha value is -3.31. The van der Waals surface area contributed by atoms with Gasteiger partial charge in [0.15, 0.2) is 0 Å². The van der Waals surface area contributed by atoms with Gasteiger partial charge in [0.05, 0.1) is 20.8 Å². The minimum absolute atomic E-state index is 0.0233. The van der Waals surface area contributed by atoms with Crippen molar-refractivity contribution in [3.63, 3.8) is 0 Å². The Balaban J connectivity index is 0. The molecule has 1 unspecified atom stereocenters. The van der Waals surface area contributed by atoms with Crippen molar-refractivity contribution in [1.82, 2.24) is 0 Å². The summed E-state index contributed by atoms with van der Waals surface area (Å²) in [5.41, 5.74) is 0. The molecule has 0 saturated carbocycles. The van der Waals surface area contributed by atoms with Gasteiger partial charge < -0.3 is 24.4 Å². The van der Waals surface area contributed by atoms with Crippen LogP contribution in [0.3, 0.4) is 0 Å². The summed E-state index contributed by atoms with van der Waals surface area (Å²) in [4.78, 5) is 75.2. The summed E-state index contributed by atoms with van der Waals surface area (Å²) in [7, 11) is 2.27. The number of Topliss-reactive ketones (excluding diaryl/α,β-unsaturated/α-hetero) is 2. The Morgan fingerprint density at radius 1 is 0.862 bits per heavy atom. The largest absolute Gasteiger partial charge is 0.481 e. The van der Waals surface area contributed by atoms with Crippen molar-refractivity contribution in [3.8, 4) is 0 Å². The molecule has 0 heterocycles. The maximum Gasteiger partial charge on any atom is 0.375 e. The van der Waals surface area contributed by atoms with Gasteiger partial charge in [-0.3, -0.25) is 24.0 Å². The van der Waals surface area contributed by atoms with Gasteiger partial charge in [0.2, 0.25) is 5.78 Å². The van der Waals surface area contributed by atoms with Crippen molar-refractivity contribution in [2.75, 3.05) is 20.8 Å². The lowest BCUT2D eigenvalue weighted by atomic mass is 9.98. The Kier molecular flexibility index (Phi) is 15.1. The molecule has 0 amide bonds. The van der Waals surface area contributed by atoms with E-state index in [9.17, 15) is 33.6 Å². The Bertz CT molecular complexity index is 622. The van der Waals surface area contributed by atoms with Crippen LogP contribution in [0.15, 0.2) is 0 Å². The fourth-order valence-corrected chi connectivity index (χ4v) is 1.71. The maximum absolute atomic E-state index is 11.6. The number of methoxy groups -OCH3 is 2. The van der Waals surface area contributed by atoms with E-state index in [0.717, 1.165) is 7.11 Å². The van der Waals surface area contributed by atoms with Crippen molar-refractivity contribution < 1.29 is 58.0 Å². The van der Waals surface area contributed by atoms with E-state index in [-0.39, 0.29) is 38.7 Å². The molecule has 0 aliphatic carbocycles. The molecule has 164 valence electrons. The summed E-state index contributed by atoms with van der Waals surface area (Å²) in [6, 6.07) is 0. The van der Waals surface area contributed by atoms with E-state index >= 15 is 0 Å². The molecule has 0 fully saturated rings. The molecule has 0 saturated heterocycles. The van der Waals surface area contributed by atoms with E-state index in [2.05, 4.69) is 14.2 Å². The maximum atomic E-state index is 11.6. The van der Waals surface area contributed by atoms with Gasteiger partial charge in [-0.1, -0.05) is 0 Å². The van der Waals surface area contributed by atoms with E-state index < -0.39 is 47.3 Å². The summed E-state index contributed by atoms with van der Waals surface area (Å²) in [5.74, 6) is -8.40. The van der Waals surface area contributed by atoms with Gasteiger partial charge in [-0.05, 0) is 19.8 Å². The third kappa shape index (κ3) is 13.5. The Morgan fingerprint density at radius 2 is 1.45 bits per heavy atom. The average Bonchev–Trinajstić information content (AvgIpc) is 2.67. The third-order valence-electron chi connectivity index (χ3n) is 3.18. The summed E-state index contributed by atoms with van der Waals surface area (Å²) in [6.45, 7) is 1.56. The second-order valence-electron chi connectivity index (χ2n) is 5.25. The fourth-order valence-electron chi connectivity index (χ4n) is 1.71. The quantitative estimate of drug-likeness (QED) is 0.183. The van der Waals surface area contributed by atoms with Gasteiger partial charge in [-0.2, -0.15) is 0 Å². The third-order valence-corrected chi connectivity index (χ3v) is 3.18. The predicted octanol–water partition coefficient (Wildman–Crippen LogP) is -0.244. The van der Waals surface area contributed by atoms with Crippen molar-refractivity contribution in [2.24, 2.45) is 5.92 Å². The number of carboxylic acids is 2. The smallest absolute Gasteiger partial charge is 0.375 e. The monoisotopic (exact) mass is 420 g/mol. The second kappa shape index (κ2) is 15.7. The van der Waals surface area contributed by atoms with E-state index in [0.29, 0.717) is 0 Å². The molecule has 0 rings (SSSR count). The number of ether oxygens (including phenoxy) is 3. The minimum Gasteiger partial charge on any atom is -0.481 e. The van der Waals surface area contributed by atoms with Crippen LogP contribution in [0.5, 0.6) is 0 Å². The molecule has 0 aliphatic heterocycles. The molecule has 0 bridgehead atoms. The zero-order valence-electron chi connectivity index (χ0n) is 16.3. The van der Waals surface area contributed by atoms with E-state index in [4.69, 9.17) is 10.2 Å². The number of rotatable bonds is 12. The SMILES string of the molecule is CCOC(=O)C(=O)C(CCC(=O)OC)C(=O)OC.O=C(O)CCCC(=O)C(=O)O. The number of hydrogen-bond donors (Lipinski definition) is 2. The van der Waals surface area contributed by atoms with E-state index in [1.165, 1.54) is 14.0 Å². The lowest BCUT2D eigenvalue weighted by molar-refractivity contribution is -0.161. The topological polar surface area (TPSA) is 188 Å². The lowest BCUT2D eigenvalue weighted by Crippen LogP contribution is -2.33. The number of hydrogen-bond acceptors (Lipinski definition) is 10. The van der Waals surface area contributed by atoms with Crippen LogP contribution in [0.1, 0.15) is 39.0 Å². The number of carboxylic acid groups (broad SMARTS) is 2. The first-order chi connectivity index (χ1) is 13.5. The summed E-state index contributed by atoms with van der Waals surface area (Å²) >= 11 is 0. The van der Waals surface area contributed by atoms with Crippen molar-refractivity contribution in [1.29, 1.82) is 0 Å². The highest BCUT2D eigenvalue weighted by molar-refractivity contribution is 6.37. The molecular weight excluding hydrogens is 396 g/mol. The molecule has 0 spiro atoms. The van der Waals surface area contributed by atoms with Crippen LogP contribution in [0, 0.1) is 5.92 Å². The van der Waals surface area contributed by atoms with Crippen LogP contribution in [0.25, 0.3) is 0 Å². The molecule has 2 N–H and O–H groups in total. The number of carbonyl (C=O) groups is 7. The number of carbonyl (C=O) groups excluding carboxylic acids is 5. The molecule has 0 aromatic rings. The number of aliphatic carboxylic acids is 2. The standard InChI is InChI=1S/C11H16O7.C6H8O5/c1-4-18-11(15)9(13)7(10(14)17-3)5-6-8(12)16-2;7-4(6(10)11)2-1-3-5(8)9/h7H,4-6H2,1-3H3;1-3H2,(H,8,9)(H,10,11). The van der Waals surface area contributed by atoms with Gasteiger partial charge in [0.1, 0.15) is 5.92 Å². The van der Waals surface area contributed by atoms with Crippen molar-refractivity contribution in [3.05, 3.63) is 0 Å². The fraction of sp³-hybridized carbons (Fsp3) is 0.588. The Labute approximate surface area is 166 Å². The first-order valence-electron chi connectivity index (χ1n) is 8.35. The van der Waals surface area contributed by atoms with E-state index in [1.807, 2.05) is 0 Å². The minimum atomic E-state index is -1.50. The molecule has 0 aromatic heterocycles. The molecule has 0 aliphatic rings. The van der Waals surface area contributed by atoms with Gasteiger partial charge in [-0.15, -0.1) is 0 Å². The van der Waals surface area contributed by atoms with Crippen LogP contribution in [-0.2, 0) is 47.8 Å². The van der Waals surface area contributed by atoms with Gasteiger partial charge in [-0.25, -0.2) is 9.59 Å². The molecule has 0 radical (unpaired) electrons. The highest BCUT2D eigenvalue weighted by atomic mass is 16.5. The second-order valence-corrected chi connectivity index (χ2v) is 5.25. The van der Waals surface area contributed by atoms with Gasteiger partial charge >= 0.3 is 29.8 Å². The summed E-state index contributed by atoms with van der Waals surface area (Å²) < 4.78 is 13.3. The molecule has 0 aromatic carbocycles. The van der Waals surface area contributed by atoms with Crippen LogP contribution >= 0.6 is 0 Å². The van der Waals surface area contributed by atoms with Gasteiger partial charge in [0.25, 0.3) is 5.78 Å². The van der Waals surface area contributed by atoms with Crippen molar-refractivity contribution >= 4 is 41.4 Å². The number of ketones is 2. The highest BCUT2D eigenvalue weighted by Crippen LogP contribution is 2.12. The normalized spacial score (nSPS) is 10.4. The lowest BCUT2D eigenvalue weighted by Gasteiger charge is -2.11. The average molecular weight is 420 g/mol. The zero-order chi connectivity index (χ0) is 23.0. The summed E-state index contributed by atoms with van der Waals surface area (Å²) in [6.07, 6.45) is -0.612. The molecule has 12 heteroatoms.